The van der Waals surface area contributed by atoms with Gasteiger partial charge in [-0.25, -0.2) is 0 Å². The third kappa shape index (κ3) is 4.31. The Bertz CT molecular complexity index is 530. The molecular formula is C17H25N3O2. The molecule has 0 fully saturated rings. The SMILES string of the molecule is CCCCN[C@@H](C)CC(=O)CN1CNc2ccccc2C1=O. The molecule has 1 aliphatic rings. The fraction of sp³-hybridized carbons (Fsp3) is 0.529. The molecule has 1 atom stereocenters. The number of hydrogen-bond acceptors (Lipinski definition) is 4. The summed E-state index contributed by atoms with van der Waals surface area (Å²) in [5, 5.41) is 6.52. The minimum Gasteiger partial charge on any atom is -0.367 e. The molecule has 0 spiro atoms. The number of carbonyl (C=O) groups excluding carboxylic acids is 2. The number of hydrogen-bond donors (Lipinski definition) is 2. The van der Waals surface area contributed by atoms with E-state index >= 15 is 0 Å². The Morgan fingerprint density at radius 3 is 2.95 bits per heavy atom. The molecule has 1 aliphatic heterocycles. The summed E-state index contributed by atoms with van der Waals surface area (Å²) in [5.41, 5.74) is 1.47. The number of nitrogens with zero attached hydrogens (tertiary/aromatic N) is 1. The average molecular weight is 303 g/mol. The van der Waals surface area contributed by atoms with Crippen LogP contribution in [0.3, 0.4) is 0 Å². The predicted molar refractivity (Wildman–Crippen MR) is 88.0 cm³/mol. The molecule has 2 N–H and O–H groups in total. The highest BCUT2D eigenvalue weighted by Crippen LogP contribution is 2.21. The van der Waals surface area contributed by atoms with E-state index in [0.29, 0.717) is 18.7 Å². The third-order valence-electron chi connectivity index (χ3n) is 3.83. The molecule has 0 bridgehead atoms. The highest BCUT2D eigenvalue weighted by atomic mass is 16.2. The summed E-state index contributed by atoms with van der Waals surface area (Å²) < 4.78 is 0. The molecule has 0 saturated carbocycles. The van der Waals surface area contributed by atoms with Crippen molar-refractivity contribution < 1.29 is 9.59 Å². The highest BCUT2D eigenvalue weighted by Gasteiger charge is 2.25. The molecule has 22 heavy (non-hydrogen) atoms. The van der Waals surface area contributed by atoms with Gasteiger partial charge in [0, 0.05) is 18.2 Å². The van der Waals surface area contributed by atoms with Crippen molar-refractivity contribution in [3.05, 3.63) is 29.8 Å². The molecule has 0 unspecified atom stereocenters. The normalized spacial score (nSPS) is 15.2. The molecule has 0 saturated heterocycles. The number of Topliss-reactive ketones (excluding diaryl/α,β-unsaturated/α-hetero) is 1. The molecule has 1 heterocycles. The van der Waals surface area contributed by atoms with E-state index in [1.807, 2.05) is 25.1 Å². The van der Waals surface area contributed by atoms with Gasteiger partial charge in [0.05, 0.1) is 18.8 Å². The second-order valence-corrected chi connectivity index (χ2v) is 5.84. The number of rotatable bonds is 8. The van der Waals surface area contributed by atoms with Crippen LogP contribution in [0.15, 0.2) is 24.3 Å². The minimum absolute atomic E-state index is 0.0747. The van der Waals surface area contributed by atoms with E-state index in [0.717, 1.165) is 25.1 Å². The van der Waals surface area contributed by atoms with Crippen LogP contribution in [0.2, 0.25) is 0 Å². The van der Waals surface area contributed by atoms with Crippen molar-refractivity contribution in [1.82, 2.24) is 10.2 Å². The molecule has 5 nitrogen and oxygen atoms in total. The number of nitrogens with one attached hydrogen (secondary N) is 2. The van der Waals surface area contributed by atoms with Crippen LogP contribution in [0.1, 0.15) is 43.5 Å². The van der Waals surface area contributed by atoms with E-state index < -0.39 is 0 Å². The third-order valence-corrected chi connectivity index (χ3v) is 3.83. The van der Waals surface area contributed by atoms with Gasteiger partial charge in [-0.2, -0.15) is 0 Å². The van der Waals surface area contributed by atoms with Gasteiger partial charge in [0.15, 0.2) is 5.78 Å². The lowest BCUT2D eigenvalue weighted by molar-refractivity contribution is -0.120. The van der Waals surface area contributed by atoms with Crippen LogP contribution in [0.4, 0.5) is 5.69 Å². The average Bonchev–Trinajstić information content (AvgIpc) is 2.50. The Balaban J connectivity index is 1.84. The minimum atomic E-state index is -0.0747. The Morgan fingerprint density at radius 1 is 1.41 bits per heavy atom. The maximum Gasteiger partial charge on any atom is 0.257 e. The fourth-order valence-electron chi connectivity index (χ4n) is 2.59. The van der Waals surface area contributed by atoms with Crippen molar-refractivity contribution in [3.63, 3.8) is 0 Å². The maximum atomic E-state index is 12.4. The summed E-state index contributed by atoms with van der Waals surface area (Å²) in [6, 6.07) is 7.55. The Kier molecular flexibility index (Phi) is 5.95. The number of benzene rings is 1. The summed E-state index contributed by atoms with van der Waals surface area (Å²) >= 11 is 0. The molecule has 120 valence electrons. The van der Waals surface area contributed by atoms with Crippen molar-refractivity contribution in [2.24, 2.45) is 0 Å². The number of carbonyl (C=O) groups is 2. The first-order valence-electron chi connectivity index (χ1n) is 7.99. The van der Waals surface area contributed by atoms with Gasteiger partial charge in [-0.3, -0.25) is 9.59 Å². The van der Waals surface area contributed by atoms with Crippen LogP contribution in [-0.2, 0) is 4.79 Å². The van der Waals surface area contributed by atoms with Crippen molar-refractivity contribution in [2.45, 2.75) is 39.2 Å². The quantitative estimate of drug-likeness (QED) is 0.723. The van der Waals surface area contributed by atoms with Gasteiger partial charge in [0.25, 0.3) is 5.91 Å². The fourth-order valence-corrected chi connectivity index (χ4v) is 2.59. The van der Waals surface area contributed by atoms with E-state index in [2.05, 4.69) is 17.6 Å². The van der Waals surface area contributed by atoms with Gasteiger partial charge in [0.1, 0.15) is 0 Å². The van der Waals surface area contributed by atoms with Gasteiger partial charge in [-0.1, -0.05) is 25.5 Å². The summed E-state index contributed by atoms with van der Waals surface area (Å²) in [6.45, 7) is 5.64. The van der Waals surface area contributed by atoms with E-state index in [4.69, 9.17) is 0 Å². The Morgan fingerprint density at radius 2 is 2.18 bits per heavy atom. The van der Waals surface area contributed by atoms with Crippen molar-refractivity contribution >= 4 is 17.4 Å². The largest absolute Gasteiger partial charge is 0.367 e. The van der Waals surface area contributed by atoms with Crippen molar-refractivity contribution in [1.29, 1.82) is 0 Å². The smallest absolute Gasteiger partial charge is 0.257 e. The van der Waals surface area contributed by atoms with Crippen LogP contribution >= 0.6 is 0 Å². The van der Waals surface area contributed by atoms with Crippen LogP contribution in [0, 0.1) is 0 Å². The molecule has 1 aromatic carbocycles. The molecule has 0 radical (unpaired) electrons. The van der Waals surface area contributed by atoms with Crippen LogP contribution in [0.5, 0.6) is 0 Å². The van der Waals surface area contributed by atoms with E-state index in [9.17, 15) is 9.59 Å². The molecule has 0 aromatic heterocycles. The van der Waals surface area contributed by atoms with E-state index in [1.165, 1.54) is 0 Å². The second kappa shape index (κ2) is 7.94. The molecule has 0 aliphatic carbocycles. The standard InChI is InChI=1S/C17H25N3O2/c1-3-4-9-18-13(2)10-14(21)11-20-12-19-16-8-6-5-7-15(16)17(20)22/h5-8,13,18-19H,3-4,9-12H2,1-2H3/t13-/m0/s1. The lowest BCUT2D eigenvalue weighted by atomic mass is 10.1. The van der Waals surface area contributed by atoms with E-state index in [-0.39, 0.29) is 24.3 Å². The molecule has 1 amide bonds. The lowest BCUT2D eigenvalue weighted by Crippen LogP contribution is -2.43. The zero-order valence-corrected chi connectivity index (χ0v) is 13.4. The first kappa shape index (κ1) is 16.5. The Labute approximate surface area is 132 Å². The number of anilines is 1. The van der Waals surface area contributed by atoms with Gasteiger partial charge in [0.2, 0.25) is 0 Å². The van der Waals surface area contributed by atoms with Crippen molar-refractivity contribution in [2.75, 3.05) is 25.1 Å². The number of para-hydroxylation sites is 1. The van der Waals surface area contributed by atoms with Gasteiger partial charge >= 0.3 is 0 Å². The monoisotopic (exact) mass is 303 g/mol. The van der Waals surface area contributed by atoms with Crippen LogP contribution in [0.25, 0.3) is 0 Å². The topological polar surface area (TPSA) is 61.4 Å². The molecule has 1 aromatic rings. The first-order chi connectivity index (χ1) is 10.6. The van der Waals surface area contributed by atoms with Gasteiger partial charge in [-0.15, -0.1) is 0 Å². The second-order valence-electron chi connectivity index (χ2n) is 5.84. The van der Waals surface area contributed by atoms with Crippen LogP contribution in [-0.4, -0.2) is 42.4 Å². The van der Waals surface area contributed by atoms with E-state index in [1.54, 1.807) is 11.0 Å². The number of fused-ring (bicyclic) bond motifs is 1. The summed E-state index contributed by atoms with van der Waals surface area (Å²) in [6.07, 6.45) is 2.71. The number of unbranched alkanes of at least 4 members (excludes halogenated alkanes) is 1. The zero-order valence-electron chi connectivity index (χ0n) is 13.4. The maximum absolute atomic E-state index is 12.4. The Hall–Kier alpha value is -1.88. The van der Waals surface area contributed by atoms with Gasteiger partial charge in [-0.05, 0) is 32.0 Å². The summed E-state index contributed by atoms with van der Waals surface area (Å²) in [5.74, 6) is 0.0142. The first-order valence-corrected chi connectivity index (χ1v) is 7.99. The molecular weight excluding hydrogens is 278 g/mol. The predicted octanol–water partition coefficient (Wildman–Crippen LogP) is 2.25. The molecule has 2 rings (SSSR count). The molecule has 5 heteroatoms. The highest BCUT2D eigenvalue weighted by molar-refractivity contribution is 6.02. The number of ketones is 1. The van der Waals surface area contributed by atoms with Gasteiger partial charge < -0.3 is 15.5 Å². The lowest BCUT2D eigenvalue weighted by Gasteiger charge is -2.29. The van der Waals surface area contributed by atoms with Crippen molar-refractivity contribution in [3.8, 4) is 0 Å². The summed E-state index contributed by atoms with van der Waals surface area (Å²) in [4.78, 5) is 26.1. The zero-order chi connectivity index (χ0) is 15.9. The van der Waals surface area contributed by atoms with Crippen LogP contribution < -0.4 is 10.6 Å². The number of amides is 1. The summed E-state index contributed by atoms with van der Waals surface area (Å²) in [7, 11) is 0.